The Kier molecular flexibility index (Phi) is 3.50. The second kappa shape index (κ2) is 5.09. The van der Waals surface area contributed by atoms with Crippen molar-refractivity contribution in [2.45, 2.75) is 13.8 Å². The molecule has 100 valence electrons. The van der Waals surface area contributed by atoms with Crippen molar-refractivity contribution in [3.8, 4) is 5.75 Å². The predicted octanol–water partition coefficient (Wildman–Crippen LogP) is 1.68. The first kappa shape index (κ1) is 13.1. The van der Waals surface area contributed by atoms with Gasteiger partial charge < -0.3 is 9.47 Å². The quantitative estimate of drug-likeness (QED) is 0.621. The van der Waals surface area contributed by atoms with Crippen molar-refractivity contribution in [3.63, 3.8) is 0 Å². The van der Waals surface area contributed by atoms with Gasteiger partial charge in [-0.3, -0.25) is 9.48 Å². The Morgan fingerprint density at radius 3 is 2.74 bits per heavy atom. The van der Waals surface area contributed by atoms with E-state index in [0.717, 1.165) is 0 Å². The highest BCUT2D eigenvalue weighted by atomic mass is 16.5. The number of ether oxygens (including phenoxy) is 2. The number of hydrogen-bond donors (Lipinski definition) is 0. The van der Waals surface area contributed by atoms with Crippen molar-refractivity contribution in [2.24, 2.45) is 7.05 Å². The number of rotatable bonds is 3. The monoisotopic (exact) mass is 262 g/mol. The fourth-order valence-electron chi connectivity index (χ4n) is 1.85. The molecule has 2 aromatic rings. The number of carbonyl (C=O) groups is 2. The average Bonchev–Trinajstić information content (AvgIpc) is 2.71. The summed E-state index contributed by atoms with van der Waals surface area (Å²) in [4.78, 5) is 22.9. The Morgan fingerprint density at radius 1 is 1.37 bits per heavy atom. The molecule has 0 aliphatic carbocycles. The van der Waals surface area contributed by atoms with Crippen LogP contribution in [0.3, 0.4) is 0 Å². The number of fused-ring (bicyclic) bond motifs is 1. The summed E-state index contributed by atoms with van der Waals surface area (Å²) in [5, 5.41) is 4.80. The van der Waals surface area contributed by atoms with E-state index in [4.69, 9.17) is 9.47 Å². The second-order valence-electron chi connectivity index (χ2n) is 3.99. The molecule has 0 atom stereocenters. The van der Waals surface area contributed by atoms with Gasteiger partial charge in [0.25, 0.3) is 0 Å². The van der Waals surface area contributed by atoms with Gasteiger partial charge in [0.05, 0.1) is 18.4 Å². The van der Waals surface area contributed by atoms with Gasteiger partial charge in [-0.2, -0.15) is 5.10 Å². The lowest BCUT2D eigenvalue weighted by Crippen LogP contribution is -2.08. The maximum atomic E-state index is 11.7. The number of esters is 2. The van der Waals surface area contributed by atoms with Crippen molar-refractivity contribution in [1.29, 1.82) is 0 Å². The zero-order chi connectivity index (χ0) is 14.0. The van der Waals surface area contributed by atoms with E-state index in [0.29, 0.717) is 22.2 Å². The summed E-state index contributed by atoms with van der Waals surface area (Å²) < 4.78 is 11.7. The van der Waals surface area contributed by atoms with Crippen LogP contribution in [0.4, 0.5) is 0 Å². The molecule has 0 fully saturated rings. The molecular weight excluding hydrogens is 248 g/mol. The number of aromatic nitrogens is 2. The Hall–Kier alpha value is -2.37. The van der Waals surface area contributed by atoms with Crippen molar-refractivity contribution in [3.05, 3.63) is 23.9 Å². The highest BCUT2D eigenvalue weighted by molar-refractivity contribution is 5.97. The fraction of sp³-hybridized carbons (Fsp3) is 0.308. The van der Waals surface area contributed by atoms with Crippen LogP contribution in [-0.4, -0.2) is 28.3 Å². The van der Waals surface area contributed by atoms with Crippen molar-refractivity contribution >= 4 is 22.8 Å². The first-order valence-corrected chi connectivity index (χ1v) is 5.84. The van der Waals surface area contributed by atoms with Crippen LogP contribution in [0.5, 0.6) is 5.75 Å². The molecule has 0 bridgehead atoms. The molecular formula is C13H14N2O4. The molecule has 1 heterocycles. The van der Waals surface area contributed by atoms with Gasteiger partial charge in [0.1, 0.15) is 5.52 Å². The summed E-state index contributed by atoms with van der Waals surface area (Å²) in [6.07, 6.45) is 1.60. The number of aryl methyl sites for hydroxylation is 1. The van der Waals surface area contributed by atoms with E-state index >= 15 is 0 Å². The van der Waals surface area contributed by atoms with E-state index in [1.165, 1.54) is 13.0 Å². The SMILES string of the molecule is CCOC(=O)c1cc(OC(C)=O)c2c(cnn2C)c1. The van der Waals surface area contributed by atoms with Gasteiger partial charge in [0, 0.05) is 19.4 Å². The minimum Gasteiger partial charge on any atom is -0.462 e. The van der Waals surface area contributed by atoms with Crippen LogP contribution in [0.15, 0.2) is 18.3 Å². The molecule has 0 aliphatic heterocycles. The molecule has 0 N–H and O–H groups in total. The summed E-state index contributed by atoms with van der Waals surface area (Å²) in [5.41, 5.74) is 0.988. The fourth-order valence-corrected chi connectivity index (χ4v) is 1.85. The lowest BCUT2D eigenvalue weighted by atomic mass is 10.1. The van der Waals surface area contributed by atoms with Gasteiger partial charge in [0.15, 0.2) is 5.75 Å². The van der Waals surface area contributed by atoms with Crippen LogP contribution in [0.25, 0.3) is 10.9 Å². The van der Waals surface area contributed by atoms with Gasteiger partial charge in [0.2, 0.25) is 0 Å². The van der Waals surface area contributed by atoms with Gasteiger partial charge >= 0.3 is 11.9 Å². The smallest absolute Gasteiger partial charge is 0.338 e. The molecule has 0 spiro atoms. The predicted molar refractivity (Wildman–Crippen MR) is 68.0 cm³/mol. The van der Waals surface area contributed by atoms with E-state index in [9.17, 15) is 9.59 Å². The first-order valence-electron chi connectivity index (χ1n) is 5.84. The van der Waals surface area contributed by atoms with E-state index < -0.39 is 11.9 Å². The zero-order valence-corrected chi connectivity index (χ0v) is 11.0. The Bertz CT molecular complexity index is 645. The largest absolute Gasteiger partial charge is 0.462 e. The van der Waals surface area contributed by atoms with E-state index in [1.807, 2.05) is 0 Å². The number of carbonyl (C=O) groups excluding carboxylic acids is 2. The molecule has 0 saturated carbocycles. The maximum Gasteiger partial charge on any atom is 0.338 e. The minimum absolute atomic E-state index is 0.285. The standard InChI is InChI=1S/C13H14N2O4/c1-4-18-13(17)9-5-10-7-14-15(3)12(10)11(6-9)19-8(2)16/h5-7H,4H2,1-3H3. The number of hydrogen-bond acceptors (Lipinski definition) is 5. The van der Waals surface area contributed by atoms with Crippen molar-refractivity contribution in [2.75, 3.05) is 6.61 Å². The van der Waals surface area contributed by atoms with Crippen LogP contribution >= 0.6 is 0 Å². The molecule has 0 aliphatic rings. The normalized spacial score (nSPS) is 10.5. The zero-order valence-electron chi connectivity index (χ0n) is 11.0. The lowest BCUT2D eigenvalue weighted by molar-refractivity contribution is -0.131. The van der Waals surface area contributed by atoms with Crippen LogP contribution in [0.1, 0.15) is 24.2 Å². The van der Waals surface area contributed by atoms with E-state index in [2.05, 4.69) is 5.10 Å². The van der Waals surface area contributed by atoms with E-state index in [-0.39, 0.29) is 6.61 Å². The molecule has 0 unspecified atom stereocenters. The third-order valence-corrected chi connectivity index (χ3v) is 2.56. The summed E-state index contributed by atoms with van der Waals surface area (Å²) in [7, 11) is 1.74. The van der Waals surface area contributed by atoms with Crippen LogP contribution in [-0.2, 0) is 16.6 Å². The highest BCUT2D eigenvalue weighted by Gasteiger charge is 2.15. The number of benzene rings is 1. The Morgan fingerprint density at radius 2 is 2.11 bits per heavy atom. The first-order chi connectivity index (χ1) is 9.02. The van der Waals surface area contributed by atoms with Crippen molar-refractivity contribution in [1.82, 2.24) is 9.78 Å². The minimum atomic E-state index is -0.457. The maximum absolute atomic E-state index is 11.7. The number of nitrogens with zero attached hydrogens (tertiary/aromatic N) is 2. The molecule has 6 heteroatoms. The Balaban J connectivity index is 2.57. The molecule has 1 aromatic carbocycles. The molecule has 2 rings (SSSR count). The summed E-state index contributed by atoms with van der Waals surface area (Å²) in [6, 6.07) is 3.15. The molecule has 1 aromatic heterocycles. The molecule has 0 saturated heterocycles. The van der Waals surface area contributed by atoms with Crippen LogP contribution < -0.4 is 4.74 Å². The van der Waals surface area contributed by atoms with Gasteiger partial charge in [-0.05, 0) is 19.1 Å². The molecule has 6 nitrogen and oxygen atoms in total. The third-order valence-electron chi connectivity index (χ3n) is 2.56. The van der Waals surface area contributed by atoms with Crippen LogP contribution in [0.2, 0.25) is 0 Å². The summed E-state index contributed by atoms with van der Waals surface area (Å²) >= 11 is 0. The average molecular weight is 262 g/mol. The summed E-state index contributed by atoms with van der Waals surface area (Å²) in [6.45, 7) is 3.32. The third kappa shape index (κ3) is 2.57. The molecule has 0 radical (unpaired) electrons. The van der Waals surface area contributed by atoms with Crippen LogP contribution in [0, 0.1) is 0 Å². The lowest BCUT2D eigenvalue weighted by Gasteiger charge is -2.08. The van der Waals surface area contributed by atoms with Gasteiger partial charge in [-0.1, -0.05) is 0 Å². The van der Waals surface area contributed by atoms with E-state index in [1.54, 1.807) is 30.9 Å². The van der Waals surface area contributed by atoms with Gasteiger partial charge in [-0.25, -0.2) is 4.79 Å². The summed E-state index contributed by atoms with van der Waals surface area (Å²) in [5.74, 6) is -0.613. The second-order valence-corrected chi connectivity index (χ2v) is 3.99. The highest BCUT2D eigenvalue weighted by Crippen LogP contribution is 2.27. The molecule has 0 amide bonds. The Labute approximate surface area is 109 Å². The van der Waals surface area contributed by atoms with Gasteiger partial charge in [-0.15, -0.1) is 0 Å². The molecule has 19 heavy (non-hydrogen) atoms. The van der Waals surface area contributed by atoms with Crippen molar-refractivity contribution < 1.29 is 19.1 Å². The topological polar surface area (TPSA) is 70.4 Å².